The van der Waals surface area contributed by atoms with Gasteiger partial charge in [0.25, 0.3) is 0 Å². The second-order valence-electron chi connectivity index (χ2n) is 7.67. The van der Waals surface area contributed by atoms with Gasteiger partial charge in [-0.2, -0.15) is 0 Å². The van der Waals surface area contributed by atoms with Gasteiger partial charge in [-0.1, -0.05) is 35.9 Å². The quantitative estimate of drug-likeness (QED) is 0.826. The van der Waals surface area contributed by atoms with E-state index in [9.17, 15) is 9.59 Å². The van der Waals surface area contributed by atoms with Crippen LogP contribution in [0.4, 0.5) is 11.4 Å². The van der Waals surface area contributed by atoms with E-state index in [2.05, 4.69) is 21.6 Å². The number of carbonyl (C=O) groups is 2. The Kier molecular flexibility index (Phi) is 6.47. The summed E-state index contributed by atoms with van der Waals surface area (Å²) in [5.41, 5.74) is 3.88. The van der Waals surface area contributed by atoms with Crippen molar-refractivity contribution in [3.05, 3.63) is 59.7 Å². The highest BCUT2D eigenvalue weighted by molar-refractivity contribution is 5.95. The SMILES string of the molecule is Cc1ccc(NC(=O)C(C)N2CCCC(C(=O)Nc3ccccc3)C2)c(C)c1. The molecule has 2 atom stereocenters. The topological polar surface area (TPSA) is 61.4 Å². The molecule has 1 aliphatic heterocycles. The highest BCUT2D eigenvalue weighted by Crippen LogP contribution is 2.22. The summed E-state index contributed by atoms with van der Waals surface area (Å²) in [7, 11) is 0. The van der Waals surface area contributed by atoms with Crippen molar-refractivity contribution in [3.8, 4) is 0 Å². The minimum Gasteiger partial charge on any atom is -0.326 e. The van der Waals surface area contributed by atoms with Crippen molar-refractivity contribution in [1.29, 1.82) is 0 Å². The van der Waals surface area contributed by atoms with E-state index >= 15 is 0 Å². The van der Waals surface area contributed by atoms with E-state index in [-0.39, 0.29) is 23.8 Å². The molecular weight excluding hydrogens is 350 g/mol. The number of hydrogen-bond donors (Lipinski definition) is 2. The fraction of sp³-hybridized carbons (Fsp3) is 0.391. The van der Waals surface area contributed by atoms with E-state index in [0.717, 1.165) is 36.3 Å². The molecule has 0 radical (unpaired) electrons. The highest BCUT2D eigenvalue weighted by Gasteiger charge is 2.31. The number of carbonyl (C=O) groups excluding carboxylic acids is 2. The van der Waals surface area contributed by atoms with E-state index in [4.69, 9.17) is 0 Å². The zero-order chi connectivity index (χ0) is 20.1. The second kappa shape index (κ2) is 9.02. The maximum absolute atomic E-state index is 12.8. The van der Waals surface area contributed by atoms with Crippen LogP contribution in [0.3, 0.4) is 0 Å². The zero-order valence-corrected chi connectivity index (χ0v) is 16.9. The van der Waals surface area contributed by atoms with Crippen molar-refractivity contribution >= 4 is 23.2 Å². The van der Waals surface area contributed by atoms with Crippen molar-refractivity contribution < 1.29 is 9.59 Å². The van der Waals surface area contributed by atoms with Crippen LogP contribution in [0.2, 0.25) is 0 Å². The number of aryl methyl sites for hydroxylation is 2. The molecule has 28 heavy (non-hydrogen) atoms. The number of hydrogen-bond acceptors (Lipinski definition) is 3. The fourth-order valence-corrected chi connectivity index (χ4v) is 3.69. The Morgan fingerprint density at radius 1 is 1.07 bits per heavy atom. The molecule has 1 aliphatic rings. The summed E-state index contributed by atoms with van der Waals surface area (Å²) in [5.74, 6) is -0.112. The molecule has 1 heterocycles. The Bertz CT molecular complexity index is 835. The maximum Gasteiger partial charge on any atom is 0.241 e. The summed E-state index contributed by atoms with van der Waals surface area (Å²) < 4.78 is 0. The van der Waals surface area contributed by atoms with E-state index in [0.29, 0.717) is 6.54 Å². The van der Waals surface area contributed by atoms with E-state index in [1.165, 1.54) is 5.56 Å². The predicted molar refractivity (Wildman–Crippen MR) is 113 cm³/mol. The molecule has 2 unspecified atom stereocenters. The monoisotopic (exact) mass is 379 g/mol. The summed E-state index contributed by atoms with van der Waals surface area (Å²) in [6.07, 6.45) is 1.76. The van der Waals surface area contributed by atoms with Gasteiger partial charge in [0, 0.05) is 17.9 Å². The van der Waals surface area contributed by atoms with Crippen LogP contribution in [-0.4, -0.2) is 35.8 Å². The first kappa shape index (κ1) is 20.1. The van der Waals surface area contributed by atoms with Crippen LogP contribution in [0, 0.1) is 19.8 Å². The van der Waals surface area contributed by atoms with E-state index in [1.54, 1.807) is 0 Å². The van der Waals surface area contributed by atoms with Crippen molar-refractivity contribution in [3.63, 3.8) is 0 Å². The molecule has 0 spiro atoms. The van der Waals surface area contributed by atoms with Gasteiger partial charge >= 0.3 is 0 Å². The number of likely N-dealkylation sites (tertiary alicyclic amines) is 1. The molecule has 2 aromatic rings. The first-order valence-corrected chi connectivity index (χ1v) is 9.92. The predicted octanol–water partition coefficient (Wildman–Crippen LogP) is 3.98. The Balaban J connectivity index is 1.59. The van der Waals surface area contributed by atoms with Crippen LogP contribution in [0.1, 0.15) is 30.9 Å². The number of anilines is 2. The standard InChI is InChI=1S/C23H29N3O2/c1-16-11-12-21(17(2)14-16)25-22(27)18(3)26-13-7-8-19(15-26)23(28)24-20-9-5-4-6-10-20/h4-6,9-12,14,18-19H,7-8,13,15H2,1-3H3,(H,24,28)(H,25,27). The third kappa shape index (κ3) is 4.98. The Hall–Kier alpha value is -2.66. The summed E-state index contributed by atoms with van der Waals surface area (Å²) >= 11 is 0. The third-order valence-corrected chi connectivity index (χ3v) is 5.43. The maximum atomic E-state index is 12.8. The van der Waals surface area contributed by atoms with Crippen LogP contribution in [0.25, 0.3) is 0 Å². The largest absolute Gasteiger partial charge is 0.326 e. The van der Waals surface area contributed by atoms with Crippen molar-refractivity contribution in [2.45, 2.75) is 39.7 Å². The van der Waals surface area contributed by atoms with Gasteiger partial charge in [-0.25, -0.2) is 0 Å². The third-order valence-electron chi connectivity index (χ3n) is 5.43. The first-order chi connectivity index (χ1) is 13.4. The van der Waals surface area contributed by atoms with Crippen molar-refractivity contribution in [2.75, 3.05) is 23.7 Å². The lowest BCUT2D eigenvalue weighted by molar-refractivity contribution is -0.125. The number of nitrogens with zero attached hydrogens (tertiary/aromatic N) is 1. The van der Waals surface area contributed by atoms with Crippen LogP contribution < -0.4 is 10.6 Å². The molecule has 2 amide bonds. The molecule has 0 saturated carbocycles. The number of amides is 2. The molecule has 2 N–H and O–H groups in total. The van der Waals surface area contributed by atoms with Crippen molar-refractivity contribution in [1.82, 2.24) is 4.90 Å². The molecular formula is C23H29N3O2. The fourth-order valence-electron chi connectivity index (χ4n) is 3.69. The molecule has 1 saturated heterocycles. The van der Waals surface area contributed by atoms with Gasteiger partial charge in [0.15, 0.2) is 0 Å². The summed E-state index contributed by atoms with van der Waals surface area (Å²) in [5, 5.41) is 6.02. The Morgan fingerprint density at radius 2 is 1.82 bits per heavy atom. The highest BCUT2D eigenvalue weighted by atomic mass is 16.2. The lowest BCUT2D eigenvalue weighted by atomic mass is 9.95. The van der Waals surface area contributed by atoms with Crippen LogP contribution >= 0.6 is 0 Å². The molecule has 0 bridgehead atoms. The minimum absolute atomic E-state index is 0.0258. The molecule has 148 valence electrons. The molecule has 0 aliphatic carbocycles. The van der Waals surface area contributed by atoms with E-state index < -0.39 is 0 Å². The van der Waals surface area contributed by atoms with Gasteiger partial charge in [-0.15, -0.1) is 0 Å². The summed E-state index contributed by atoms with van der Waals surface area (Å²) in [6.45, 7) is 7.38. The molecule has 5 nitrogen and oxygen atoms in total. The molecule has 5 heteroatoms. The number of piperidine rings is 1. The van der Waals surface area contributed by atoms with Crippen molar-refractivity contribution in [2.24, 2.45) is 5.92 Å². The van der Waals surface area contributed by atoms with Crippen LogP contribution in [-0.2, 0) is 9.59 Å². The number of rotatable bonds is 5. The zero-order valence-electron chi connectivity index (χ0n) is 16.9. The Morgan fingerprint density at radius 3 is 2.54 bits per heavy atom. The molecule has 2 aromatic carbocycles. The van der Waals surface area contributed by atoms with Gasteiger partial charge in [-0.3, -0.25) is 14.5 Å². The second-order valence-corrected chi connectivity index (χ2v) is 7.67. The average molecular weight is 380 g/mol. The van der Waals surface area contributed by atoms with E-state index in [1.807, 2.05) is 63.2 Å². The van der Waals surface area contributed by atoms with Gasteiger partial charge in [0.2, 0.25) is 11.8 Å². The average Bonchev–Trinajstić information content (AvgIpc) is 2.70. The van der Waals surface area contributed by atoms with Gasteiger partial charge in [-0.05, 0) is 63.9 Å². The lowest BCUT2D eigenvalue weighted by Gasteiger charge is -2.35. The van der Waals surface area contributed by atoms with Crippen LogP contribution in [0.5, 0.6) is 0 Å². The van der Waals surface area contributed by atoms with Gasteiger partial charge in [0.1, 0.15) is 0 Å². The summed E-state index contributed by atoms with van der Waals surface area (Å²) in [4.78, 5) is 27.5. The summed E-state index contributed by atoms with van der Waals surface area (Å²) in [6, 6.07) is 15.2. The minimum atomic E-state index is -0.284. The molecule has 0 aromatic heterocycles. The van der Waals surface area contributed by atoms with Crippen LogP contribution in [0.15, 0.2) is 48.5 Å². The number of nitrogens with one attached hydrogen (secondary N) is 2. The normalized spacial score (nSPS) is 18.3. The van der Waals surface area contributed by atoms with Gasteiger partial charge < -0.3 is 10.6 Å². The van der Waals surface area contributed by atoms with Gasteiger partial charge in [0.05, 0.1) is 12.0 Å². The Labute approximate surface area is 167 Å². The smallest absolute Gasteiger partial charge is 0.241 e. The first-order valence-electron chi connectivity index (χ1n) is 9.92. The number of para-hydroxylation sites is 1. The molecule has 3 rings (SSSR count). The molecule has 1 fully saturated rings. The number of benzene rings is 2. The lowest BCUT2D eigenvalue weighted by Crippen LogP contribution is -2.49.